The van der Waals surface area contributed by atoms with Crippen molar-refractivity contribution in [2.45, 2.75) is 50.0 Å². The lowest BCUT2D eigenvalue weighted by atomic mass is 9.87. The van der Waals surface area contributed by atoms with Crippen molar-refractivity contribution in [2.75, 3.05) is 13.1 Å². The number of carbonyl (C=O) groups excluding carboxylic acids is 2. The van der Waals surface area contributed by atoms with Gasteiger partial charge in [0, 0.05) is 13.3 Å². The molecule has 1 aliphatic rings. The van der Waals surface area contributed by atoms with Crippen LogP contribution in [0.3, 0.4) is 0 Å². The fourth-order valence-corrected chi connectivity index (χ4v) is 6.24. The van der Waals surface area contributed by atoms with E-state index in [1.165, 1.54) is 29.4 Å². The second-order valence-electron chi connectivity index (χ2n) is 10.8. The van der Waals surface area contributed by atoms with Crippen molar-refractivity contribution < 1.29 is 42.1 Å². The Morgan fingerprint density at radius 2 is 1.64 bits per heavy atom. The number of nitrogens with zero attached hydrogens (tertiary/aromatic N) is 2. The maximum absolute atomic E-state index is 13.7. The van der Waals surface area contributed by atoms with E-state index >= 15 is 0 Å². The number of hydrogen-bond donors (Lipinski definition) is 2. The first-order chi connectivity index (χ1) is 21.3. The normalized spacial score (nSPS) is 15.5. The third-order valence-electron chi connectivity index (χ3n) is 7.05. The number of carbonyl (C=O) groups is 3. The molecule has 2 unspecified atom stereocenters. The van der Waals surface area contributed by atoms with Crippen molar-refractivity contribution in [2.24, 2.45) is 5.92 Å². The highest BCUT2D eigenvalue weighted by atomic mass is 32.2. The van der Waals surface area contributed by atoms with Gasteiger partial charge in [0.25, 0.3) is 0 Å². The van der Waals surface area contributed by atoms with Crippen molar-refractivity contribution in [3.63, 3.8) is 0 Å². The van der Waals surface area contributed by atoms with Crippen molar-refractivity contribution in [3.05, 3.63) is 95.6 Å². The molecule has 1 saturated heterocycles. The lowest BCUT2D eigenvalue weighted by Crippen LogP contribution is -2.64. The van der Waals surface area contributed by atoms with Crippen LogP contribution in [0.1, 0.15) is 37.5 Å². The summed E-state index contributed by atoms with van der Waals surface area (Å²) in [7, 11) is -4.02. The molecule has 0 spiro atoms. The highest BCUT2D eigenvalue weighted by molar-refractivity contribution is 7.89. The van der Waals surface area contributed by atoms with Crippen LogP contribution in [0.4, 0.5) is 4.79 Å². The molecule has 3 aromatic carbocycles. The lowest BCUT2D eigenvalue weighted by molar-refractivity contribution is -0.169. The van der Waals surface area contributed by atoms with Crippen LogP contribution in [0.25, 0.3) is 0 Å². The Hall–Kier alpha value is -4.93. The zero-order chi connectivity index (χ0) is 32.8. The molecule has 236 valence electrons. The third-order valence-corrected chi connectivity index (χ3v) is 8.84. The van der Waals surface area contributed by atoms with Gasteiger partial charge in [-0.1, -0.05) is 56.3 Å². The number of rotatable bonds is 12. The summed E-state index contributed by atoms with van der Waals surface area (Å²) in [5.41, 5.74) is 0.615. The molecular formula is C32H33N3O9S. The van der Waals surface area contributed by atoms with Crippen LogP contribution in [0.15, 0.2) is 83.8 Å². The van der Waals surface area contributed by atoms with Gasteiger partial charge in [-0.2, -0.15) is 9.57 Å². The molecule has 1 fully saturated rings. The summed E-state index contributed by atoms with van der Waals surface area (Å²) in [6.07, 6.45) is -2.61. The maximum Gasteiger partial charge on any atom is 0.410 e. The Bertz CT molecular complexity index is 1680. The van der Waals surface area contributed by atoms with E-state index in [9.17, 15) is 27.9 Å². The number of hydrogen-bond acceptors (Lipinski definition) is 9. The van der Waals surface area contributed by atoms with E-state index in [2.05, 4.69) is 11.4 Å². The average molecular weight is 636 g/mol. The molecule has 2 N–H and O–H groups in total. The van der Waals surface area contributed by atoms with E-state index in [0.29, 0.717) is 16.9 Å². The number of benzene rings is 3. The van der Waals surface area contributed by atoms with Gasteiger partial charge in [-0.15, -0.1) is 0 Å². The minimum atomic E-state index is -4.02. The SMILES string of the molecule is CC(OC(=O)NC(Cc1cccc(S(=O)(=O)N2CC(Oc3ccc(C#N)cc3)(c3ccccc3)C2)c1)C(=O)O)OC(=O)C(C)C. The van der Waals surface area contributed by atoms with E-state index in [0.717, 1.165) is 5.56 Å². The zero-order valence-electron chi connectivity index (χ0n) is 24.9. The van der Waals surface area contributed by atoms with Crippen LogP contribution >= 0.6 is 0 Å². The van der Waals surface area contributed by atoms with Crippen molar-refractivity contribution in [1.29, 1.82) is 5.26 Å². The quantitative estimate of drug-likeness (QED) is 0.220. The summed E-state index contributed by atoms with van der Waals surface area (Å²) in [6, 6.07) is 22.2. The summed E-state index contributed by atoms with van der Waals surface area (Å²) in [4.78, 5) is 35.9. The highest BCUT2D eigenvalue weighted by Crippen LogP contribution is 2.40. The molecule has 0 aliphatic carbocycles. The number of esters is 1. The minimum Gasteiger partial charge on any atom is -0.480 e. The summed E-state index contributed by atoms with van der Waals surface area (Å²) >= 11 is 0. The molecule has 0 radical (unpaired) electrons. The Morgan fingerprint density at radius 3 is 2.24 bits per heavy atom. The van der Waals surface area contributed by atoms with E-state index in [1.54, 1.807) is 44.2 Å². The van der Waals surface area contributed by atoms with Crippen LogP contribution in [-0.2, 0) is 41.1 Å². The smallest absolute Gasteiger partial charge is 0.410 e. The Balaban J connectivity index is 1.47. The van der Waals surface area contributed by atoms with Crippen LogP contribution < -0.4 is 10.1 Å². The fourth-order valence-electron chi connectivity index (χ4n) is 4.63. The largest absolute Gasteiger partial charge is 0.480 e. The average Bonchev–Trinajstić information content (AvgIpc) is 2.99. The number of nitriles is 1. The molecule has 2 atom stereocenters. The summed E-state index contributed by atoms with van der Waals surface area (Å²) in [5, 5.41) is 21.0. The van der Waals surface area contributed by atoms with Gasteiger partial charge >= 0.3 is 18.0 Å². The molecule has 0 aromatic heterocycles. The van der Waals surface area contributed by atoms with Gasteiger partial charge in [-0.3, -0.25) is 4.79 Å². The Labute approximate surface area is 261 Å². The number of sulfonamides is 1. The molecule has 12 nitrogen and oxygen atoms in total. The zero-order valence-corrected chi connectivity index (χ0v) is 25.7. The molecule has 3 aromatic rings. The lowest BCUT2D eigenvalue weighted by Gasteiger charge is -2.48. The number of alkyl carbamates (subject to hydrolysis) is 1. The predicted octanol–water partition coefficient (Wildman–Crippen LogP) is 3.80. The maximum atomic E-state index is 13.7. The number of carboxylic acid groups (broad SMARTS) is 1. The van der Waals surface area contributed by atoms with Crippen molar-refractivity contribution in [3.8, 4) is 11.8 Å². The van der Waals surface area contributed by atoms with Crippen LogP contribution in [0.2, 0.25) is 0 Å². The number of ether oxygens (including phenoxy) is 3. The number of amides is 1. The number of nitrogens with one attached hydrogen (secondary N) is 1. The second-order valence-corrected chi connectivity index (χ2v) is 12.8. The molecule has 0 bridgehead atoms. The second kappa shape index (κ2) is 13.8. The van der Waals surface area contributed by atoms with Crippen LogP contribution in [0, 0.1) is 17.2 Å². The fraction of sp³-hybridized carbons (Fsp3) is 0.312. The first-order valence-corrected chi connectivity index (χ1v) is 15.5. The molecule has 4 rings (SSSR count). The van der Waals surface area contributed by atoms with Crippen molar-refractivity contribution >= 4 is 28.1 Å². The minimum absolute atomic E-state index is 0.00822. The molecule has 1 aliphatic heterocycles. The van der Waals surface area contributed by atoms with Gasteiger partial charge in [0.05, 0.1) is 35.5 Å². The summed E-state index contributed by atoms with van der Waals surface area (Å²) in [5.74, 6) is -1.93. The number of carboxylic acids is 1. The van der Waals surface area contributed by atoms with Gasteiger partial charge in [0.1, 0.15) is 11.8 Å². The highest BCUT2D eigenvalue weighted by Gasteiger charge is 2.52. The van der Waals surface area contributed by atoms with E-state index in [4.69, 9.17) is 19.5 Å². The first-order valence-electron chi connectivity index (χ1n) is 14.1. The standard InChI is InChI=1S/C32H33N3O9S/c1-21(2)30(38)42-22(3)43-31(39)34-28(29(36)37)17-24-8-7-11-27(16-24)45(40,41)35-19-32(20-35,25-9-5-4-6-10-25)44-26-14-12-23(18-33)13-15-26/h4-16,21-22,28H,17,19-20H2,1-3H3,(H,34,39)(H,36,37). The topological polar surface area (TPSA) is 172 Å². The van der Waals surface area contributed by atoms with E-state index < -0.39 is 51.9 Å². The number of aliphatic carboxylic acids is 1. The van der Waals surface area contributed by atoms with Gasteiger partial charge in [0.15, 0.2) is 5.60 Å². The van der Waals surface area contributed by atoms with Crippen LogP contribution in [0.5, 0.6) is 5.75 Å². The van der Waals surface area contributed by atoms with Gasteiger partial charge < -0.3 is 24.6 Å². The first kappa shape index (κ1) is 33.0. The third kappa shape index (κ3) is 7.97. The summed E-state index contributed by atoms with van der Waals surface area (Å²) < 4.78 is 44.8. The van der Waals surface area contributed by atoms with Crippen molar-refractivity contribution in [1.82, 2.24) is 9.62 Å². The van der Waals surface area contributed by atoms with E-state index in [-0.39, 0.29) is 24.4 Å². The Kier molecular flexibility index (Phi) is 10.1. The molecule has 45 heavy (non-hydrogen) atoms. The van der Waals surface area contributed by atoms with Gasteiger partial charge in [-0.25, -0.2) is 18.0 Å². The monoisotopic (exact) mass is 635 g/mol. The summed E-state index contributed by atoms with van der Waals surface area (Å²) in [6.45, 7) is 4.55. The van der Waals surface area contributed by atoms with E-state index in [1.807, 2.05) is 30.3 Å². The molecule has 1 heterocycles. The molecular weight excluding hydrogens is 602 g/mol. The molecule has 0 saturated carbocycles. The predicted molar refractivity (Wildman–Crippen MR) is 160 cm³/mol. The van der Waals surface area contributed by atoms with Gasteiger partial charge in [-0.05, 0) is 47.5 Å². The van der Waals surface area contributed by atoms with Crippen LogP contribution in [-0.4, -0.2) is 61.3 Å². The Morgan fingerprint density at radius 1 is 0.978 bits per heavy atom. The molecule has 1 amide bonds. The van der Waals surface area contributed by atoms with Gasteiger partial charge in [0.2, 0.25) is 16.3 Å². The molecule has 13 heteroatoms.